The van der Waals surface area contributed by atoms with Crippen molar-refractivity contribution in [2.24, 2.45) is 0 Å². The van der Waals surface area contributed by atoms with Crippen LogP contribution in [-0.4, -0.2) is 58.0 Å². The number of methoxy groups -OCH3 is 2. The highest BCUT2D eigenvalue weighted by Crippen LogP contribution is 2.32. The van der Waals surface area contributed by atoms with Crippen LogP contribution in [0, 0.1) is 12.7 Å². The number of hydrogen-bond acceptors (Lipinski definition) is 6. The monoisotopic (exact) mass is 613 g/mol. The number of hydrogen-bond donors (Lipinski definition) is 1. The summed E-state index contributed by atoms with van der Waals surface area (Å²) in [6.07, 6.45) is 0.973. The van der Waals surface area contributed by atoms with Crippen LogP contribution >= 0.6 is 0 Å². The number of carbonyl (C=O) groups excluding carboxylic acids is 2. The number of nitrogens with zero attached hydrogens (tertiary/aromatic N) is 2. The smallest absolute Gasteiger partial charge is 0.264 e. The molecule has 0 radical (unpaired) electrons. The zero-order valence-electron chi connectivity index (χ0n) is 25.5. The van der Waals surface area contributed by atoms with E-state index >= 15 is 0 Å². The summed E-state index contributed by atoms with van der Waals surface area (Å²) in [6, 6.07) is 15.6. The number of anilines is 1. The minimum absolute atomic E-state index is 0.0241. The molecule has 0 fully saturated rings. The van der Waals surface area contributed by atoms with Crippen LogP contribution in [-0.2, 0) is 26.2 Å². The van der Waals surface area contributed by atoms with Crippen LogP contribution in [0.4, 0.5) is 10.1 Å². The van der Waals surface area contributed by atoms with E-state index in [1.165, 1.54) is 61.6 Å². The molecule has 3 aromatic rings. The second kappa shape index (κ2) is 14.9. The summed E-state index contributed by atoms with van der Waals surface area (Å²) in [5.41, 5.74) is 1.77. The van der Waals surface area contributed by atoms with Crippen LogP contribution < -0.4 is 19.1 Å². The molecule has 232 valence electrons. The summed E-state index contributed by atoms with van der Waals surface area (Å²) < 4.78 is 53.5. The van der Waals surface area contributed by atoms with Gasteiger partial charge in [0, 0.05) is 18.7 Å². The van der Waals surface area contributed by atoms with Gasteiger partial charge in [0.15, 0.2) is 11.5 Å². The average Bonchev–Trinajstić information content (AvgIpc) is 3.00. The number of aryl methyl sites for hydroxylation is 1. The molecular weight excluding hydrogens is 573 g/mol. The van der Waals surface area contributed by atoms with E-state index in [9.17, 15) is 22.4 Å². The highest BCUT2D eigenvalue weighted by atomic mass is 32.2. The van der Waals surface area contributed by atoms with E-state index in [0.29, 0.717) is 17.7 Å². The number of carbonyl (C=O) groups is 2. The molecule has 0 aliphatic heterocycles. The Bertz CT molecular complexity index is 1500. The van der Waals surface area contributed by atoms with Crippen molar-refractivity contribution in [1.82, 2.24) is 10.2 Å². The lowest BCUT2D eigenvalue weighted by molar-refractivity contribution is -0.140. The van der Waals surface area contributed by atoms with E-state index < -0.39 is 34.3 Å². The third-order valence-electron chi connectivity index (χ3n) is 7.20. The minimum Gasteiger partial charge on any atom is -0.493 e. The maximum Gasteiger partial charge on any atom is 0.264 e. The van der Waals surface area contributed by atoms with Crippen LogP contribution in [0.2, 0.25) is 0 Å². The van der Waals surface area contributed by atoms with E-state index in [1.54, 1.807) is 31.2 Å². The standard InChI is InChI=1S/C32H40FN3O6S/c1-7-23(4)34-32(38)28(8-2)35(20-24-11-13-25(33)14-12-24)31(37)21-36(26-15-9-22(3)10-16-26)43(39,40)27-17-18-29(41-5)30(19-27)42-6/h9-19,23,28H,7-8,20-21H2,1-6H3,(H,34,38)/t23-,28+/m0/s1. The van der Waals surface area contributed by atoms with Gasteiger partial charge in [0.2, 0.25) is 11.8 Å². The van der Waals surface area contributed by atoms with E-state index in [-0.39, 0.29) is 41.2 Å². The molecule has 0 heterocycles. The van der Waals surface area contributed by atoms with Gasteiger partial charge in [-0.15, -0.1) is 0 Å². The summed E-state index contributed by atoms with van der Waals surface area (Å²) in [7, 11) is -1.46. The van der Waals surface area contributed by atoms with Gasteiger partial charge in [-0.2, -0.15) is 0 Å². The van der Waals surface area contributed by atoms with Crippen LogP contribution in [0.25, 0.3) is 0 Å². The van der Waals surface area contributed by atoms with Crippen molar-refractivity contribution < 1.29 is 31.9 Å². The first-order valence-electron chi connectivity index (χ1n) is 14.1. The van der Waals surface area contributed by atoms with Crippen molar-refractivity contribution in [3.8, 4) is 11.5 Å². The molecule has 1 N–H and O–H groups in total. The third kappa shape index (κ3) is 8.25. The van der Waals surface area contributed by atoms with Gasteiger partial charge in [-0.1, -0.05) is 43.7 Å². The molecule has 43 heavy (non-hydrogen) atoms. The number of ether oxygens (including phenoxy) is 2. The van der Waals surface area contributed by atoms with Crippen molar-refractivity contribution in [1.29, 1.82) is 0 Å². The van der Waals surface area contributed by atoms with Gasteiger partial charge in [-0.3, -0.25) is 13.9 Å². The Morgan fingerprint density at radius 2 is 1.53 bits per heavy atom. The number of benzene rings is 3. The van der Waals surface area contributed by atoms with Crippen molar-refractivity contribution in [2.75, 3.05) is 25.1 Å². The van der Waals surface area contributed by atoms with E-state index in [4.69, 9.17) is 9.47 Å². The van der Waals surface area contributed by atoms with E-state index in [0.717, 1.165) is 9.87 Å². The van der Waals surface area contributed by atoms with Gasteiger partial charge in [0.1, 0.15) is 18.4 Å². The van der Waals surface area contributed by atoms with Gasteiger partial charge in [-0.25, -0.2) is 12.8 Å². The highest BCUT2D eigenvalue weighted by Gasteiger charge is 2.34. The second-order valence-electron chi connectivity index (χ2n) is 10.3. The lowest BCUT2D eigenvalue weighted by Gasteiger charge is -2.33. The Labute approximate surface area is 253 Å². The first-order chi connectivity index (χ1) is 20.4. The Balaban J connectivity index is 2.09. The zero-order chi connectivity index (χ0) is 31.7. The molecule has 0 aromatic heterocycles. The Morgan fingerprint density at radius 3 is 2.09 bits per heavy atom. The molecule has 3 rings (SSSR count). The zero-order valence-corrected chi connectivity index (χ0v) is 26.3. The van der Waals surface area contributed by atoms with Crippen molar-refractivity contribution >= 4 is 27.5 Å². The van der Waals surface area contributed by atoms with Gasteiger partial charge < -0.3 is 19.7 Å². The summed E-state index contributed by atoms with van der Waals surface area (Å²) in [5, 5.41) is 2.93. The van der Waals surface area contributed by atoms with Gasteiger partial charge in [-0.05, 0) is 68.7 Å². The largest absolute Gasteiger partial charge is 0.493 e. The molecule has 11 heteroatoms. The number of sulfonamides is 1. The molecule has 9 nitrogen and oxygen atoms in total. The summed E-state index contributed by atoms with van der Waals surface area (Å²) in [4.78, 5) is 28.8. The molecule has 0 aliphatic rings. The molecule has 0 saturated heterocycles. The average molecular weight is 614 g/mol. The number of rotatable bonds is 14. The second-order valence-corrected chi connectivity index (χ2v) is 12.1. The number of halogens is 1. The summed E-state index contributed by atoms with van der Waals surface area (Å²) >= 11 is 0. The predicted octanol–water partition coefficient (Wildman–Crippen LogP) is 5.07. The molecule has 0 spiro atoms. The molecule has 2 atom stereocenters. The fraction of sp³-hybridized carbons (Fsp3) is 0.375. The van der Waals surface area contributed by atoms with Crippen LogP contribution in [0.1, 0.15) is 44.7 Å². The fourth-order valence-corrected chi connectivity index (χ4v) is 5.92. The summed E-state index contributed by atoms with van der Waals surface area (Å²) in [6.45, 7) is 6.84. The first-order valence-corrected chi connectivity index (χ1v) is 15.5. The molecule has 0 bridgehead atoms. The van der Waals surface area contributed by atoms with Crippen LogP contribution in [0.15, 0.2) is 71.6 Å². The van der Waals surface area contributed by atoms with E-state index in [1.807, 2.05) is 20.8 Å². The van der Waals surface area contributed by atoms with Crippen molar-refractivity contribution in [3.63, 3.8) is 0 Å². The van der Waals surface area contributed by atoms with Crippen LogP contribution in [0.5, 0.6) is 11.5 Å². The molecule has 0 saturated carbocycles. The summed E-state index contributed by atoms with van der Waals surface area (Å²) in [5.74, 6) is -0.820. The third-order valence-corrected chi connectivity index (χ3v) is 8.97. The topological polar surface area (TPSA) is 105 Å². The predicted molar refractivity (Wildman–Crippen MR) is 164 cm³/mol. The Morgan fingerprint density at radius 1 is 0.907 bits per heavy atom. The van der Waals surface area contributed by atoms with Crippen LogP contribution in [0.3, 0.4) is 0 Å². The highest BCUT2D eigenvalue weighted by molar-refractivity contribution is 7.92. The lowest BCUT2D eigenvalue weighted by atomic mass is 10.1. The first kappa shape index (κ1) is 33.4. The van der Waals surface area contributed by atoms with Crippen molar-refractivity contribution in [3.05, 3.63) is 83.7 Å². The molecular formula is C32H40FN3O6S. The lowest BCUT2D eigenvalue weighted by Crippen LogP contribution is -2.53. The van der Waals surface area contributed by atoms with Gasteiger partial charge in [0.25, 0.3) is 10.0 Å². The molecule has 0 unspecified atom stereocenters. The SMILES string of the molecule is CC[C@H](C(=O)N[C@@H](C)CC)N(Cc1ccc(F)cc1)C(=O)CN(c1ccc(C)cc1)S(=O)(=O)c1ccc(OC)c(OC)c1. The molecule has 0 aliphatic carbocycles. The van der Waals surface area contributed by atoms with Gasteiger partial charge >= 0.3 is 0 Å². The Hall–Kier alpha value is -4.12. The fourth-order valence-electron chi connectivity index (χ4n) is 4.49. The maximum absolute atomic E-state index is 14.1. The normalized spacial score (nSPS) is 12.6. The number of amides is 2. The molecule has 2 amide bonds. The van der Waals surface area contributed by atoms with Crippen molar-refractivity contribution in [2.45, 2.75) is 64.1 Å². The number of nitrogens with one attached hydrogen (secondary N) is 1. The molecule has 3 aromatic carbocycles. The quantitative estimate of drug-likeness (QED) is 0.272. The maximum atomic E-state index is 14.1. The van der Waals surface area contributed by atoms with Gasteiger partial charge in [0.05, 0.1) is 24.8 Å². The minimum atomic E-state index is -4.31. The van der Waals surface area contributed by atoms with E-state index in [2.05, 4.69) is 5.32 Å². The Kier molecular flexibility index (Phi) is 11.5.